The molecular formula is C19H19F2NO2. The van der Waals surface area contributed by atoms with Gasteiger partial charge in [0.15, 0.2) is 0 Å². The van der Waals surface area contributed by atoms with E-state index in [0.29, 0.717) is 5.56 Å². The van der Waals surface area contributed by atoms with Gasteiger partial charge in [-0.25, -0.2) is 8.78 Å². The molecule has 1 fully saturated rings. The second-order valence-corrected chi connectivity index (χ2v) is 6.08. The Kier molecular flexibility index (Phi) is 4.62. The van der Waals surface area contributed by atoms with Gasteiger partial charge in [-0.15, -0.1) is 0 Å². The molecule has 3 nitrogen and oxygen atoms in total. The summed E-state index contributed by atoms with van der Waals surface area (Å²) in [6.07, 6.45) is 1.05. The average Bonchev–Trinajstić information content (AvgIpc) is 3.38. The van der Waals surface area contributed by atoms with Gasteiger partial charge in [0.05, 0.1) is 11.5 Å². The molecule has 126 valence electrons. The van der Waals surface area contributed by atoms with Gasteiger partial charge in [-0.3, -0.25) is 4.79 Å². The lowest BCUT2D eigenvalue weighted by atomic mass is 9.95. The third-order valence-electron chi connectivity index (χ3n) is 4.53. The Morgan fingerprint density at radius 2 is 1.88 bits per heavy atom. The largest absolute Gasteiger partial charge is 0.375 e. The van der Waals surface area contributed by atoms with Crippen LogP contribution in [0.25, 0.3) is 0 Å². The summed E-state index contributed by atoms with van der Waals surface area (Å²) in [5, 5.41) is 2.89. The summed E-state index contributed by atoms with van der Waals surface area (Å²) < 4.78 is 31.8. The molecule has 2 aromatic rings. The van der Waals surface area contributed by atoms with Crippen LogP contribution in [-0.4, -0.2) is 19.6 Å². The number of halogens is 2. The van der Waals surface area contributed by atoms with Crippen LogP contribution in [0.1, 0.15) is 30.1 Å². The molecule has 0 heterocycles. The van der Waals surface area contributed by atoms with Gasteiger partial charge in [0.2, 0.25) is 5.91 Å². The maximum atomic E-state index is 13.3. The van der Waals surface area contributed by atoms with Crippen molar-refractivity contribution in [2.75, 3.05) is 13.7 Å². The Balaban J connectivity index is 1.67. The molecule has 2 aromatic carbocycles. The fourth-order valence-electron chi connectivity index (χ4n) is 2.94. The van der Waals surface area contributed by atoms with Crippen LogP contribution in [0.15, 0.2) is 48.5 Å². The summed E-state index contributed by atoms with van der Waals surface area (Å²) in [5.74, 6) is -0.765. The highest BCUT2D eigenvalue weighted by atomic mass is 19.1. The molecule has 0 bridgehead atoms. The number of amides is 1. The van der Waals surface area contributed by atoms with Crippen LogP contribution in [0.3, 0.4) is 0 Å². The van der Waals surface area contributed by atoms with Crippen LogP contribution < -0.4 is 5.32 Å². The third kappa shape index (κ3) is 3.31. The second-order valence-electron chi connectivity index (χ2n) is 6.08. The van der Waals surface area contributed by atoms with Crippen molar-refractivity contribution in [1.82, 2.24) is 5.32 Å². The van der Waals surface area contributed by atoms with E-state index in [0.717, 1.165) is 18.4 Å². The maximum absolute atomic E-state index is 13.3. The summed E-state index contributed by atoms with van der Waals surface area (Å²) in [7, 11) is 1.52. The van der Waals surface area contributed by atoms with Gasteiger partial charge in [-0.05, 0) is 48.2 Å². The molecule has 0 radical (unpaired) electrons. The van der Waals surface area contributed by atoms with E-state index in [1.807, 2.05) is 0 Å². The van der Waals surface area contributed by atoms with Crippen LogP contribution >= 0.6 is 0 Å². The zero-order chi connectivity index (χ0) is 17.2. The predicted molar refractivity (Wildman–Crippen MR) is 86.5 cm³/mol. The van der Waals surface area contributed by atoms with Crippen molar-refractivity contribution in [3.05, 3.63) is 71.3 Å². The van der Waals surface area contributed by atoms with Gasteiger partial charge in [0.1, 0.15) is 11.6 Å². The standard InChI is InChI=1S/C19H19F2NO2/c1-24-17(13-3-2-4-16(21)11-13)12-22-18(23)19(9-10-19)14-5-7-15(20)8-6-14/h2-8,11,17H,9-10,12H2,1H3,(H,22,23)/t17-/m0/s1. The second kappa shape index (κ2) is 6.69. The Bertz CT molecular complexity index is 726. The molecular weight excluding hydrogens is 312 g/mol. The van der Waals surface area contributed by atoms with E-state index >= 15 is 0 Å². The van der Waals surface area contributed by atoms with Crippen LogP contribution in [0.5, 0.6) is 0 Å². The van der Waals surface area contributed by atoms with Gasteiger partial charge in [-0.2, -0.15) is 0 Å². The highest BCUT2D eigenvalue weighted by Gasteiger charge is 2.51. The van der Waals surface area contributed by atoms with Crippen LogP contribution in [-0.2, 0) is 14.9 Å². The third-order valence-corrected chi connectivity index (χ3v) is 4.53. The number of benzene rings is 2. The van der Waals surface area contributed by atoms with E-state index in [9.17, 15) is 13.6 Å². The molecule has 1 aliphatic rings. The maximum Gasteiger partial charge on any atom is 0.230 e. The molecule has 0 saturated heterocycles. The molecule has 1 N–H and O–H groups in total. The lowest BCUT2D eigenvalue weighted by Gasteiger charge is -2.20. The first-order valence-corrected chi connectivity index (χ1v) is 7.88. The molecule has 1 amide bonds. The van der Waals surface area contributed by atoms with Crippen molar-refractivity contribution < 1.29 is 18.3 Å². The number of nitrogens with one attached hydrogen (secondary N) is 1. The Morgan fingerprint density at radius 3 is 2.46 bits per heavy atom. The Hall–Kier alpha value is -2.27. The zero-order valence-electron chi connectivity index (χ0n) is 13.4. The van der Waals surface area contributed by atoms with Crippen molar-refractivity contribution in [2.45, 2.75) is 24.4 Å². The highest BCUT2D eigenvalue weighted by molar-refractivity contribution is 5.91. The first-order valence-electron chi connectivity index (χ1n) is 7.88. The lowest BCUT2D eigenvalue weighted by molar-refractivity contribution is -0.124. The van der Waals surface area contributed by atoms with Gasteiger partial charge in [0, 0.05) is 13.7 Å². The Morgan fingerprint density at radius 1 is 1.17 bits per heavy atom. The molecule has 0 unspecified atom stereocenters. The number of methoxy groups -OCH3 is 1. The fourth-order valence-corrected chi connectivity index (χ4v) is 2.94. The van der Waals surface area contributed by atoms with Crippen LogP contribution in [0, 0.1) is 11.6 Å². The first kappa shape index (κ1) is 16.6. The van der Waals surface area contributed by atoms with E-state index in [-0.39, 0.29) is 24.1 Å². The lowest BCUT2D eigenvalue weighted by Crippen LogP contribution is -2.37. The molecule has 1 atom stereocenters. The molecule has 24 heavy (non-hydrogen) atoms. The summed E-state index contributed by atoms with van der Waals surface area (Å²) in [6, 6.07) is 12.2. The van der Waals surface area contributed by atoms with Gasteiger partial charge >= 0.3 is 0 Å². The topological polar surface area (TPSA) is 38.3 Å². The summed E-state index contributed by atoms with van der Waals surface area (Å²) in [6.45, 7) is 0.252. The minimum Gasteiger partial charge on any atom is -0.375 e. The number of hydrogen-bond acceptors (Lipinski definition) is 2. The summed E-state index contributed by atoms with van der Waals surface area (Å²) >= 11 is 0. The normalized spacial score (nSPS) is 16.5. The monoisotopic (exact) mass is 331 g/mol. The Labute approximate surface area is 139 Å². The van der Waals surface area contributed by atoms with E-state index in [1.54, 1.807) is 24.3 Å². The summed E-state index contributed by atoms with van der Waals surface area (Å²) in [5.41, 5.74) is 0.916. The molecule has 0 spiro atoms. The number of ether oxygens (including phenoxy) is 1. The molecule has 0 aliphatic heterocycles. The minimum atomic E-state index is -0.575. The van der Waals surface area contributed by atoms with Crippen molar-refractivity contribution in [2.24, 2.45) is 0 Å². The van der Waals surface area contributed by atoms with Gasteiger partial charge in [-0.1, -0.05) is 24.3 Å². The zero-order valence-corrected chi connectivity index (χ0v) is 13.4. The number of carbonyl (C=O) groups excluding carboxylic acids is 1. The SMILES string of the molecule is CO[C@@H](CNC(=O)C1(c2ccc(F)cc2)CC1)c1cccc(F)c1. The van der Waals surface area contributed by atoms with Gasteiger partial charge in [0.25, 0.3) is 0 Å². The highest BCUT2D eigenvalue weighted by Crippen LogP contribution is 2.48. The molecule has 1 saturated carbocycles. The van der Waals surface area contributed by atoms with Crippen LogP contribution in [0.4, 0.5) is 8.78 Å². The van der Waals surface area contributed by atoms with Crippen molar-refractivity contribution in [3.8, 4) is 0 Å². The number of hydrogen-bond donors (Lipinski definition) is 1. The van der Waals surface area contributed by atoms with E-state index in [4.69, 9.17) is 4.74 Å². The predicted octanol–water partition coefficient (Wildman–Crippen LogP) is 3.50. The quantitative estimate of drug-likeness (QED) is 0.880. The minimum absolute atomic E-state index is 0.104. The summed E-state index contributed by atoms with van der Waals surface area (Å²) in [4.78, 5) is 12.6. The van der Waals surface area contributed by atoms with E-state index < -0.39 is 11.5 Å². The van der Waals surface area contributed by atoms with E-state index in [2.05, 4.69) is 5.32 Å². The van der Waals surface area contributed by atoms with Crippen molar-refractivity contribution in [3.63, 3.8) is 0 Å². The van der Waals surface area contributed by atoms with Gasteiger partial charge < -0.3 is 10.1 Å². The van der Waals surface area contributed by atoms with Crippen LogP contribution in [0.2, 0.25) is 0 Å². The molecule has 1 aliphatic carbocycles. The number of rotatable bonds is 6. The number of carbonyl (C=O) groups is 1. The first-order chi connectivity index (χ1) is 11.5. The van der Waals surface area contributed by atoms with E-state index in [1.165, 1.54) is 31.4 Å². The molecule has 0 aromatic heterocycles. The van der Waals surface area contributed by atoms with Crippen molar-refractivity contribution >= 4 is 5.91 Å². The average molecular weight is 331 g/mol. The van der Waals surface area contributed by atoms with Crippen molar-refractivity contribution in [1.29, 1.82) is 0 Å². The molecule has 3 rings (SSSR count). The smallest absolute Gasteiger partial charge is 0.230 e. The fraction of sp³-hybridized carbons (Fsp3) is 0.316. The molecule has 5 heteroatoms.